The number of hydrogen-bond acceptors (Lipinski definition) is 2. The fourth-order valence-corrected chi connectivity index (χ4v) is 3.00. The van der Waals surface area contributed by atoms with Crippen LogP contribution in [0.5, 0.6) is 5.75 Å². The highest BCUT2D eigenvalue weighted by molar-refractivity contribution is 14.1. The van der Waals surface area contributed by atoms with E-state index in [-0.39, 0.29) is 5.78 Å². The highest BCUT2D eigenvalue weighted by Gasteiger charge is 2.12. The van der Waals surface area contributed by atoms with E-state index < -0.39 is 0 Å². The van der Waals surface area contributed by atoms with Gasteiger partial charge < -0.3 is 4.74 Å². The molecule has 0 spiro atoms. The second-order valence-corrected chi connectivity index (χ2v) is 5.66. The largest absolute Gasteiger partial charge is 0.496 e. The first-order chi connectivity index (χ1) is 9.72. The van der Waals surface area contributed by atoms with E-state index in [1.807, 2.05) is 36.4 Å². The van der Waals surface area contributed by atoms with Crippen molar-refractivity contribution in [1.29, 1.82) is 0 Å². The SMILES string of the molecule is COc1cccc(C(=O)CCCc2ccccc2)c1I. The number of benzene rings is 2. The summed E-state index contributed by atoms with van der Waals surface area (Å²) < 4.78 is 6.15. The minimum Gasteiger partial charge on any atom is -0.496 e. The van der Waals surface area contributed by atoms with Crippen molar-refractivity contribution >= 4 is 28.4 Å². The van der Waals surface area contributed by atoms with Crippen molar-refractivity contribution in [3.63, 3.8) is 0 Å². The summed E-state index contributed by atoms with van der Waals surface area (Å²) in [7, 11) is 1.63. The molecule has 0 unspecified atom stereocenters. The molecule has 2 rings (SSSR count). The average molecular weight is 380 g/mol. The number of methoxy groups -OCH3 is 1. The molecule has 0 radical (unpaired) electrons. The zero-order valence-corrected chi connectivity index (χ0v) is 13.6. The zero-order chi connectivity index (χ0) is 14.4. The lowest BCUT2D eigenvalue weighted by Gasteiger charge is -2.08. The summed E-state index contributed by atoms with van der Waals surface area (Å²) in [6.07, 6.45) is 2.38. The number of ether oxygens (including phenoxy) is 1. The highest BCUT2D eigenvalue weighted by Crippen LogP contribution is 2.25. The maximum Gasteiger partial charge on any atom is 0.164 e. The van der Waals surface area contributed by atoms with E-state index in [4.69, 9.17) is 4.74 Å². The molecule has 0 heterocycles. The Balaban J connectivity index is 1.95. The van der Waals surface area contributed by atoms with Gasteiger partial charge in [0.2, 0.25) is 0 Å². The molecule has 0 N–H and O–H groups in total. The van der Waals surface area contributed by atoms with Gasteiger partial charge in [0, 0.05) is 12.0 Å². The first-order valence-electron chi connectivity index (χ1n) is 6.62. The van der Waals surface area contributed by atoms with Crippen LogP contribution in [0.4, 0.5) is 0 Å². The fourth-order valence-electron chi connectivity index (χ4n) is 2.12. The first kappa shape index (κ1) is 15.0. The van der Waals surface area contributed by atoms with Crippen LogP contribution < -0.4 is 4.74 Å². The van der Waals surface area contributed by atoms with Crippen LogP contribution in [0.1, 0.15) is 28.8 Å². The lowest BCUT2D eigenvalue weighted by atomic mass is 10.0. The number of Topliss-reactive ketones (excluding diaryl/α,β-unsaturated/α-hetero) is 1. The van der Waals surface area contributed by atoms with Crippen molar-refractivity contribution in [3.8, 4) is 5.75 Å². The smallest absolute Gasteiger partial charge is 0.164 e. The van der Waals surface area contributed by atoms with Gasteiger partial charge in [-0.2, -0.15) is 0 Å². The van der Waals surface area contributed by atoms with Crippen molar-refractivity contribution in [2.75, 3.05) is 7.11 Å². The number of hydrogen-bond donors (Lipinski definition) is 0. The molecule has 104 valence electrons. The van der Waals surface area contributed by atoms with Gasteiger partial charge in [-0.3, -0.25) is 4.79 Å². The van der Waals surface area contributed by atoms with Gasteiger partial charge in [-0.25, -0.2) is 0 Å². The average Bonchev–Trinajstić information content (AvgIpc) is 2.48. The summed E-state index contributed by atoms with van der Waals surface area (Å²) in [4.78, 5) is 12.3. The Morgan fingerprint density at radius 1 is 1.10 bits per heavy atom. The number of carbonyl (C=O) groups is 1. The molecule has 2 aromatic rings. The van der Waals surface area contributed by atoms with Crippen molar-refractivity contribution in [2.45, 2.75) is 19.3 Å². The maximum absolute atomic E-state index is 12.3. The second kappa shape index (κ2) is 7.43. The van der Waals surface area contributed by atoms with Crippen LogP contribution in [0.25, 0.3) is 0 Å². The molecule has 0 atom stereocenters. The minimum atomic E-state index is 0.184. The third kappa shape index (κ3) is 3.82. The Kier molecular flexibility index (Phi) is 5.59. The van der Waals surface area contributed by atoms with Gasteiger partial charge in [0.05, 0.1) is 10.7 Å². The summed E-state index contributed by atoms with van der Waals surface area (Å²) in [5.74, 6) is 0.948. The predicted octanol–water partition coefficient (Wildman–Crippen LogP) is 4.51. The Bertz CT molecular complexity index is 579. The monoisotopic (exact) mass is 380 g/mol. The molecule has 0 fully saturated rings. The van der Waals surface area contributed by atoms with E-state index in [1.54, 1.807) is 7.11 Å². The number of carbonyl (C=O) groups excluding carboxylic acids is 1. The molecule has 3 heteroatoms. The van der Waals surface area contributed by atoms with Gasteiger partial charge in [0.15, 0.2) is 5.78 Å². The van der Waals surface area contributed by atoms with Crippen LogP contribution in [0.3, 0.4) is 0 Å². The fraction of sp³-hybridized carbons (Fsp3) is 0.235. The summed E-state index contributed by atoms with van der Waals surface area (Å²) >= 11 is 2.17. The van der Waals surface area contributed by atoms with E-state index in [9.17, 15) is 4.79 Å². The normalized spacial score (nSPS) is 10.3. The molecular formula is C17H17IO2. The number of halogens is 1. The Hall–Kier alpha value is -1.36. The van der Waals surface area contributed by atoms with E-state index in [0.717, 1.165) is 27.7 Å². The van der Waals surface area contributed by atoms with Gasteiger partial charge in [-0.1, -0.05) is 42.5 Å². The van der Waals surface area contributed by atoms with Crippen molar-refractivity contribution in [2.24, 2.45) is 0 Å². The molecule has 20 heavy (non-hydrogen) atoms. The van der Waals surface area contributed by atoms with Crippen LogP contribution in [-0.2, 0) is 6.42 Å². The van der Waals surface area contributed by atoms with Gasteiger partial charge in [-0.15, -0.1) is 0 Å². The standard InChI is InChI=1S/C17H17IO2/c1-20-16-12-6-10-14(17(16)18)15(19)11-5-9-13-7-3-2-4-8-13/h2-4,6-8,10,12H,5,9,11H2,1H3. The van der Waals surface area contributed by atoms with Gasteiger partial charge in [0.1, 0.15) is 5.75 Å². The van der Waals surface area contributed by atoms with Gasteiger partial charge >= 0.3 is 0 Å². The van der Waals surface area contributed by atoms with E-state index in [2.05, 4.69) is 34.7 Å². The molecule has 0 aliphatic carbocycles. The van der Waals surface area contributed by atoms with E-state index in [1.165, 1.54) is 5.56 Å². The second-order valence-electron chi connectivity index (χ2n) is 4.58. The van der Waals surface area contributed by atoms with Crippen molar-refractivity contribution in [1.82, 2.24) is 0 Å². The maximum atomic E-state index is 12.3. The summed E-state index contributed by atoms with van der Waals surface area (Å²) in [5, 5.41) is 0. The molecule has 0 saturated carbocycles. The number of ketones is 1. The van der Waals surface area contributed by atoms with Gasteiger partial charge in [-0.05, 0) is 47.1 Å². The van der Waals surface area contributed by atoms with E-state index in [0.29, 0.717) is 6.42 Å². The number of rotatable bonds is 6. The van der Waals surface area contributed by atoms with Crippen molar-refractivity contribution in [3.05, 3.63) is 63.2 Å². The summed E-state index contributed by atoms with van der Waals surface area (Å²) in [5.41, 5.74) is 2.04. The lowest BCUT2D eigenvalue weighted by molar-refractivity contribution is 0.0979. The van der Waals surface area contributed by atoms with Crippen molar-refractivity contribution < 1.29 is 9.53 Å². The molecule has 0 aromatic heterocycles. The molecule has 0 aliphatic rings. The lowest BCUT2D eigenvalue weighted by Crippen LogP contribution is -2.03. The third-order valence-corrected chi connectivity index (χ3v) is 4.31. The van der Waals surface area contributed by atoms with Crippen LogP contribution >= 0.6 is 22.6 Å². The van der Waals surface area contributed by atoms with Crippen LogP contribution in [0.2, 0.25) is 0 Å². The Labute approximate surface area is 133 Å². The highest BCUT2D eigenvalue weighted by atomic mass is 127. The molecule has 0 aliphatic heterocycles. The third-order valence-electron chi connectivity index (χ3n) is 3.20. The predicted molar refractivity (Wildman–Crippen MR) is 89.4 cm³/mol. The molecule has 2 aromatic carbocycles. The molecule has 0 bridgehead atoms. The zero-order valence-electron chi connectivity index (χ0n) is 11.4. The molecule has 0 amide bonds. The quantitative estimate of drug-likeness (QED) is 0.545. The van der Waals surface area contributed by atoms with Crippen LogP contribution in [-0.4, -0.2) is 12.9 Å². The molecular weight excluding hydrogens is 363 g/mol. The summed E-state index contributed by atoms with van der Waals surface area (Å²) in [6.45, 7) is 0. The summed E-state index contributed by atoms with van der Waals surface area (Å²) in [6, 6.07) is 15.9. The number of aryl methyl sites for hydroxylation is 1. The van der Waals surface area contributed by atoms with Gasteiger partial charge in [0.25, 0.3) is 0 Å². The minimum absolute atomic E-state index is 0.184. The van der Waals surface area contributed by atoms with Crippen LogP contribution in [0, 0.1) is 3.57 Å². The first-order valence-corrected chi connectivity index (χ1v) is 7.70. The molecule has 0 saturated heterocycles. The molecule has 2 nitrogen and oxygen atoms in total. The topological polar surface area (TPSA) is 26.3 Å². The Morgan fingerprint density at radius 3 is 2.55 bits per heavy atom. The Morgan fingerprint density at radius 2 is 1.85 bits per heavy atom. The van der Waals surface area contributed by atoms with Crippen LogP contribution in [0.15, 0.2) is 48.5 Å². The van der Waals surface area contributed by atoms with E-state index >= 15 is 0 Å².